The third-order valence-electron chi connectivity index (χ3n) is 4.47. The van der Waals surface area contributed by atoms with E-state index >= 15 is 0 Å². The van der Waals surface area contributed by atoms with E-state index in [1.165, 1.54) is 35.4 Å². The fourth-order valence-corrected chi connectivity index (χ4v) is 3.17. The average molecular weight is 372 g/mol. The van der Waals surface area contributed by atoms with Crippen LogP contribution in [0.25, 0.3) is 5.76 Å². The molecule has 2 heterocycles. The van der Waals surface area contributed by atoms with Gasteiger partial charge in [-0.1, -0.05) is 0 Å². The van der Waals surface area contributed by atoms with Crippen molar-refractivity contribution in [2.24, 2.45) is 0 Å². The Hall–Kier alpha value is -2.93. The zero-order chi connectivity index (χ0) is 19.6. The first kappa shape index (κ1) is 18.8. The molecule has 1 saturated heterocycles. The summed E-state index contributed by atoms with van der Waals surface area (Å²) in [6.45, 7) is 1.08. The number of rotatable bonds is 6. The van der Waals surface area contributed by atoms with Crippen LogP contribution < -0.4 is 0 Å². The molecule has 0 unspecified atom stereocenters. The van der Waals surface area contributed by atoms with E-state index in [2.05, 4.69) is 0 Å². The van der Waals surface area contributed by atoms with Crippen LogP contribution in [-0.2, 0) is 9.59 Å². The molecule has 1 N–H and O–H groups in total. The Kier molecular flexibility index (Phi) is 5.41. The molecule has 2 aromatic rings. The molecule has 1 aliphatic heterocycles. The van der Waals surface area contributed by atoms with Crippen LogP contribution in [0.5, 0.6) is 0 Å². The second-order valence-corrected chi connectivity index (χ2v) is 6.67. The van der Waals surface area contributed by atoms with Crippen molar-refractivity contribution in [2.75, 3.05) is 27.2 Å². The molecule has 1 aliphatic rings. The van der Waals surface area contributed by atoms with Crippen molar-refractivity contribution in [3.8, 4) is 0 Å². The molecule has 7 heteroatoms. The number of carbonyl (C=O) groups excluding carboxylic acids is 2. The number of carbonyl (C=O) groups is 2. The number of furan rings is 1. The van der Waals surface area contributed by atoms with Crippen molar-refractivity contribution in [1.82, 2.24) is 9.80 Å². The van der Waals surface area contributed by atoms with Crippen LogP contribution in [0.4, 0.5) is 4.39 Å². The fourth-order valence-electron chi connectivity index (χ4n) is 3.17. The van der Waals surface area contributed by atoms with E-state index in [1.54, 1.807) is 12.1 Å². The molecule has 1 atom stereocenters. The lowest BCUT2D eigenvalue weighted by Gasteiger charge is -2.23. The summed E-state index contributed by atoms with van der Waals surface area (Å²) >= 11 is 0. The van der Waals surface area contributed by atoms with Gasteiger partial charge in [0.1, 0.15) is 23.4 Å². The first-order valence-corrected chi connectivity index (χ1v) is 8.62. The Morgan fingerprint density at radius 2 is 1.93 bits per heavy atom. The van der Waals surface area contributed by atoms with Gasteiger partial charge >= 0.3 is 0 Å². The van der Waals surface area contributed by atoms with Gasteiger partial charge in [-0.2, -0.15) is 0 Å². The zero-order valence-electron chi connectivity index (χ0n) is 15.2. The van der Waals surface area contributed by atoms with Gasteiger partial charge in [-0.3, -0.25) is 9.59 Å². The number of ketones is 1. The molecule has 142 valence electrons. The number of aliphatic hydroxyl groups excluding tert-OH is 1. The number of nitrogens with zero attached hydrogens (tertiary/aromatic N) is 2. The Labute approximate surface area is 156 Å². The molecule has 0 radical (unpaired) electrons. The summed E-state index contributed by atoms with van der Waals surface area (Å²) < 4.78 is 18.6. The Balaban J connectivity index is 2.03. The van der Waals surface area contributed by atoms with Crippen LogP contribution in [0.2, 0.25) is 0 Å². The minimum Gasteiger partial charge on any atom is -0.507 e. The van der Waals surface area contributed by atoms with Crippen molar-refractivity contribution >= 4 is 17.4 Å². The Bertz CT molecular complexity index is 857. The van der Waals surface area contributed by atoms with Gasteiger partial charge in [-0.25, -0.2) is 4.39 Å². The quantitative estimate of drug-likeness (QED) is 0.480. The summed E-state index contributed by atoms with van der Waals surface area (Å²) in [6.07, 6.45) is 2.11. The molecule has 6 nitrogen and oxygen atoms in total. The van der Waals surface area contributed by atoms with Gasteiger partial charge in [0.15, 0.2) is 0 Å². The number of halogens is 1. The lowest BCUT2D eigenvalue weighted by molar-refractivity contribution is -0.140. The van der Waals surface area contributed by atoms with Gasteiger partial charge in [0.2, 0.25) is 0 Å². The zero-order valence-corrected chi connectivity index (χ0v) is 15.2. The SMILES string of the molecule is CN(C)CCCN1C(=O)C(=O)/C(=C(/O)c2ccc(F)cc2)[C@H]1c1ccco1. The van der Waals surface area contributed by atoms with Gasteiger partial charge in [0, 0.05) is 12.1 Å². The third kappa shape index (κ3) is 3.78. The molecule has 1 fully saturated rings. The van der Waals surface area contributed by atoms with Gasteiger partial charge < -0.3 is 19.3 Å². The molecule has 1 aromatic heterocycles. The summed E-state index contributed by atoms with van der Waals surface area (Å²) in [5.74, 6) is -1.87. The van der Waals surface area contributed by atoms with E-state index in [9.17, 15) is 19.1 Å². The van der Waals surface area contributed by atoms with Crippen LogP contribution in [0.3, 0.4) is 0 Å². The minimum atomic E-state index is -0.813. The highest BCUT2D eigenvalue weighted by molar-refractivity contribution is 6.46. The molecule has 0 bridgehead atoms. The Morgan fingerprint density at radius 3 is 2.52 bits per heavy atom. The Morgan fingerprint density at radius 1 is 1.22 bits per heavy atom. The van der Waals surface area contributed by atoms with Gasteiger partial charge in [-0.05, 0) is 63.5 Å². The molecule has 0 saturated carbocycles. The summed E-state index contributed by atoms with van der Waals surface area (Å²) in [5.41, 5.74) is 0.214. The van der Waals surface area contributed by atoms with Crippen molar-refractivity contribution in [3.05, 3.63) is 65.4 Å². The van der Waals surface area contributed by atoms with Crippen LogP contribution in [0.1, 0.15) is 23.8 Å². The maximum Gasteiger partial charge on any atom is 0.295 e. The normalized spacial score (nSPS) is 19.3. The van der Waals surface area contributed by atoms with E-state index in [4.69, 9.17) is 4.42 Å². The summed E-state index contributed by atoms with van der Waals surface area (Å²) in [4.78, 5) is 28.7. The van der Waals surface area contributed by atoms with Crippen molar-refractivity contribution in [2.45, 2.75) is 12.5 Å². The summed E-state index contributed by atoms with van der Waals surface area (Å²) in [5, 5.41) is 10.7. The van der Waals surface area contributed by atoms with Gasteiger partial charge in [0.05, 0.1) is 11.8 Å². The minimum absolute atomic E-state index is 0.0496. The largest absolute Gasteiger partial charge is 0.507 e. The first-order chi connectivity index (χ1) is 12.9. The lowest BCUT2D eigenvalue weighted by atomic mass is 9.99. The number of aliphatic hydroxyl groups is 1. The highest BCUT2D eigenvalue weighted by atomic mass is 19.1. The highest BCUT2D eigenvalue weighted by Gasteiger charge is 2.47. The monoisotopic (exact) mass is 372 g/mol. The van der Waals surface area contributed by atoms with Gasteiger partial charge in [-0.15, -0.1) is 0 Å². The van der Waals surface area contributed by atoms with E-state index in [0.29, 0.717) is 18.7 Å². The molecular weight excluding hydrogens is 351 g/mol. The highest BCUT2D eigenvalue weighted by Crippen LogP contribution is 2.39. The van der Waals surface area contributed by atoms with E-state index in [0.717, 1.165) is 6.54 Å². The van der Waals surface area contributed by atoms with E-state index in [-0.39, 0.29) is 16.9 Å². The average Bonchev–Trinajstić information content (AvgIpc) is 3.24. The number of amides is 1. The van der Waals surface area contributed by atoms with Crippen molar-refractivity contribution in [1.29, 1.82) is 0 Å². The fraction of sp³-hybridized carbons (Fsp3) is 0.300. The summed E-state index contributed by atoms with van der Waals surface area (Å²) in [7, 11) is 3.85. The predicted octanol–water partition coefficient (Wildman–Crippen LogP) is 2.79. The van der Waals surface area contributed by atoms with E-state index in [1.807, 2.05) is 19.0 Å². The second-order valence-electron chi connectivity index (χ2n) is 6.67. The topological polar surface area (TPSA) is 74.0 Å². The van der Waals surface area contributed by atoms with Crippen LogP contribution in [0, 0.1) is 5.82 Å². The lowest BCUT2D eigenvalue weighted by Crippen LogP contribution is -2.32. The maximum atomic E-state index is 13.2. The molecular formula is C20H21FN2O4. The smallest absolute Gasteiger partial charge is 0.295 e. The number of hydrogen-bond acceptors (Lipinski definition) is 5. The molecule has 0 aliphatic carbocycles. The maximum absolute atomic E-state index is 13.2. The molecule has 0 spiro atoms. The molecule has 3 rings (SSSR count). The van der Waals surface area contributed by atoms with Crippen molar-refractivity contribution < 1.29 is 23.5 Å². The third-order valence-corrected chi connectivity index (χ3v) is 4.47. The number of benzene rings is 1. The molecule has 1 aromatic carbocycles. The number of Topliss-reactive ketones (excluding diaryl/α,β-unsaturated/α-hetero) is 1. The summed E-state index contributed by atoms with van der Waals surface area (Å²) in [6, 6.07) is 7.61. The predicted molar refractivity (Wildman–Crippen MR) is 97.3 cm³/mol. The standard InChI is InChI=1S/C20H21FN2O4/c1-22(2)10-4-11-23-17(15-5-3-12-27-15)16(19(25)20(23)26)18(24)13-6-8-14(21)9-7-13/h3,5-9,12,17,24H,4,10-11H2,1-2H3/b18-16+/t17-/m1/s1. The molecule has 1 amide bonds. The van der Waals surface area contributed by atoms with Crippen LogP contribution in [0.15, 0.2) is 52.7 Å². The van der Waals surface area contributed by atoms with Crippen LogP contribution in [-0.4, -0.2) is 53.8 Å². The second kappa shape index (κ2) is 7.75. The van der Waals surface area contributed by atoms with E-state index < -0.39 is 23.5 Å². The number of likely N-dealkylation sites (tertiary alicyclic amines) is 1. The number of hydrogen-bond donors (Lipinski definition) is 1. The first-order valence-electron chi connectivity index (χ1n) is 8.62. The van der Waals surface area contributed by atoms with Crippen LogP contribution >= 0.6 is 0 Å². The van der Waals surface area contributed by atoms with Gasteiger partial charge in [0.25, 0.3) is 11.7 Å². The van der Waals surface area contributed by atoms with Crippen molar-refractivity contribution in [3.63, 3.8) is 0 Å². The molecule has 27 heavy (non-hydrogen) atoms.